The summed E-state index contributed by atoms with van der Waals surface area (Å²) in [4.78, 5) is 0. The summed E-state index contributed by atoms with van der Waals surface area (Å²) in [6.45, 7) is 6.00. The van der Waals surface area contributed by atoms with Gasteiger partial charge in [0.1, 0.15) is 0 Å². The first-order valence-electron chi connectivity index (χ1n) is 6.96. The van der Waals surface area contributed by atoms with Crippen LogP contribution in [0.1, 0.15) is 39.2 Å². The largest absolute Gasteiger partial charge is 0.490 e. The Balaban J connectivity index is 2.58. The summed E-state index contributed by atoms with van der Waals surface area (Å²) in [7, 11) is 0. The second-order valence-electron chi connectivity index (χ2n) is 5.73. The highest BCUT2D eigenvalue weighted by atomic mass is 19.1. The topological polar surface area (TPSA) is 59.0 Å². The first-order valence-corrected chi connectivity index (χ1v) is 6.96. The van der Waals surface area contributed by atoms with E-state index in [0.717, 1.165) is 12.0 Å². The zero-order valence-electron chi connectivity index (χ0n) is 12.4. The van der Waals surface area contributed by atoms with E-state index in [0.29, 0.717) is 19.4 Å². The van der Waals surface area contributed by atoms with E-state index in [1.807, 2.05) is 26.8 Å². The number of hydrogen-bond donors (Lipinski definition) is 1. The Morgan fingerprint density at radius 2 is 2.15 bits per heavy atom. The highest BCUT2D eigenvalue weighted by Crippen LogP contribution is 2.22. The van der Waals surface area contributed by atoms with Gasteiger partial charge in [-0.05, 0) is 50.8 Å². The molecule has 1 aromatic rings. The summed E-state index contributed by atoms with van der Waals surface area (Å²) < 4.78 is 19.3. The number of hydrogen-bond acceptors (Lipinski definition) is 3. The lowest BCUT2D eigenvalue weighted by atomic mass is 9.92. The summed E-state index contributed by atoms with van der Waals surface area (Å²) in [5, 5.41) is 8.90. The molecule has 1 rings (SSSR count). The number of nitriles is 1. The molecule has 0 aromatic heterocycles. The third kappa shape index (κ3) is 5.18. The average Bonchev–Trinajstić information content (AvgIpc) is 2.41. The van der Waals surface area contributed by atoms with Gasteiger partial charge >= 0.3 is 0 Å². The molecule has 2 N–H and O–H groups in total. The molecule has 0 fully saturated rings. The molecule has 0 saturated heterocycles. The van der Waals surface area contributed by atoms with Gasteiger partial charge in [0.05, 0.1) is 18.1 Å². The van der Waals surface area contributed by atoms with Crippen LogP contribution in [0.3, 0.4) is 0 Å². The number of benzene rings is 1. The van der Waals surface area contributed by atoms with E-state index in [2.05, 4.69) is 6.07 Å². The van der Waals surface area contributed by atoms with Gasteiger partial charge in [-0.15, -0.1) is 0 Å². The second kappa shape index (κ2) is 7.25. The monoisotopic (exact) mass is 278 g/mol. The quantitative estimate of drug-likeness (QED) is 0.831. The lowest BCUT2D eigenvalue weighted by Gasteiger charge is -2.16. The molecule has 110 valence electrons. The van der Waals surface area contributed by atoms with Crippen molar-refractivity contribution in [3.05, 3.63) is 29.6 Å². The van der Waals surface area contributed by atoms with Crippen molar-refractivity contribution >= 4 is 0 Å². The maximum atomic E-state index is 13.9. The Morgan fingerprint density at radius 1 is 1.45 bits per heavy atom. The van der Waals surface area contributed by atoms with E-state index in [4.69, 9.17) is 15.7 Å². The van der Waals surface area contributed by atoms with Gasteiger partial charge in [-0.2, -0.15) is 5.26 Å². The minimum atomic E-state index is -0.454. The van der Waals surface area contributed by atoms with Gasteiger partial charge in [0.25, 0.3) is 0 Å². The Bertz CT molecular complexity index is 480. The fourth-order valence-corrected chi connectivity index (χ4v) is 1.71. The Morgan fingerprint density at radius 3 is 2.70 bits per heavy atom. The summed E-state index contributed by atoms with van der Waals surface area (Å²) in [5.41, 5.74) is 6.27. The van der Waals surface area contributed by atoms with Gasteiger partial charge in [-0.25, -0.2) is 4.39 Å². The maximum absolute atomic E-state index is 13.9. The van der Waals surface area contributed by atoms with Crippen LogP contribution in [0.4, 0.5) is 4.39 Å². The lowest BCUT2D eigenvalue weighted by Crippen LogP contribution is -2.21. The summed E-state index contributed by atoms with van der Waals surface area (Å²) >= 11 is 0. The minimum Gasteiger partial charge on any atom is -0.490 e. The van der Waals surface area contributed by atoms with Gasteiger partial charge < -0.3 is 10.5 Å². The lowest BCUT2D eigenvalue weighted by molar-refractivity contribution is 0.254. The van der Waals surface area contributed by atoms with Crippen LogP contribution < -0.4 is 10.5 Å². The molecule has 0 amide bonds. The Hall–Kier alpha value is -1.60. The van der Waals surface area contributed by atoms with E-state index in [9.17, 15) is 4.39 Å². The van der Waals surface area contributed by atoms with Crippen LogP contribution in [0.15, 0.2) is 18.2 Å². The maximum Gasteiger partial charge on any atom is 0.165 e. The number of halogens is 1. The first kappa shape index (κ1) is 16.5. The molecular formula is C16H23FN2O. The molecule has 0 saturated carbocycles. The molecule has 4 heteroatoms. The Kier molecular flexibility index (Phi) is 5.97. The third-order valence-electron chi connectivity index (χ3n) is 3.31. The van der Waals surface area contributed by atoms with Crippen molar-refractivity contribution in [1.29, 1.82) is 5.26 Å². The highest BCUT2D eigenvalue weighted by molar-refractivity contribution is 5.29. The molecule has 1 unspecified atom stereocenters. The van der Waals surface area contributed by atoms with Gasteiger partial charge in [-0.1, -0.05) is 13.0 Å². The van der Waals surface area contributed by atoms with E-state index in [1.165, 1.54) is 6.07 Å². The van der Waals surface area contributed by atoms with Crippen LogP contribution in [0.2, 0.25) is 0 Å². The molecule has 0 spiro atoms. The fraction of sp³-hybridized carbons (Fsp3) is 0.562. The number of nitrogens with two attached hydrogens (primary N) is 1. The number of rotatable bonds is 7. The summed E-state index contributed by atoms with van der Waals surface area (Å²) in [5.74, 6) is -0.145. The summed E-state index contributed by atoms with van der Waals surface area (Å²) in [6, 6.07) is 7.19. The van der Waals surface area contributed by atoms with Gasteiger partial charge in [0.2, 0.25) is 0 Å². The zero-order valence-corrected chi connectivity index (χ0v) is 12.4. The minimum absolute atomic E-state index is 0.0533. The molecule has 0 aliphatic rings. The van der Waals surface area contributed by atoms with Gasteiger partial charge in [0.15, 0.2) is 11.6 Å². The van der Waals surface area contributed by atoms with Crippen LogP contribution in [0.25, 0.3) is 0 Å². The molecule has 3 nitrogen and oxygen atoms in total. The average molecular weight is 278 g/mol. The van der Waals surface area contributed by atoms with E-state index in [-0.39, 0.29) is 17.6 Å². The van der Waals surface area contributed by atoms with Crippen molar-refractivity contribution in [2.45, 2.75) is 46.1 Å². The number of nitrogens with zero attached hydrogens (tertiary/aromatic N) is 1. The normalized spacial score (nSPS) is 12.8. The fourth-order valence-electron chi connectivity index (χ4n) is 1.71. The van der Waals surface area contributed by atoms with Crippen LogP contribution in [-0.2, 0) is 6.42 Å². The second-order valence-corrected chi connectivity index (χ2v) is 5.73. The SMILES string of the molecule is CCC(N)Cc1ccc(OCCC(C)(C)C#N)c(F)c1. The molecular weight excluding hydrogens is 255 g/mol. The predicted octanol–water partition coefficient (Wildman–Crippen LogP) is 3.42. The van der Waals surface area contributed by atoms with Crippen LogP contribution >= 0.6 is 0 Å². The third-order valence-corrected chi connectivity index (χ3v) is 3.31. The molecule has 0 radical (unpaired) electrons. The van der Waals surface area contributed by atoms with Crippen molar-refractivity contribution in [2.24, 2.45) is 11.1 Å². The first-order chi connectivity index (χ1) is 9.38. The van der Waals surface area contributed by atoms with Gasteiger partial charge in [0, 0.05) is 6.04 Å². The molecule has 0 bridgehead atoms. The van der Waals surface area contributed by atoms with Crippen LogP contribution in [0, 0.1) is 22.6 Å². The van der Waals surface area contributed by atoms with Crippen molar-refractivity contribution in [3.63, 3.8) is 0 Å². The smallest absolute Gasteiger partial charge is 0.165 e. The molecule has 1 aromatic carbocycles. The zero-order chi connectivity index (χ0) is 15.2. The van der Waals surface area contributed by atoms with Crippen molar-refractivity contribution in [1.82, 2.24) is 0 Å². The van der Waals surface area contributed by atoms with Gasteiger partial charge in [-0.3, -0.25) is 0 Å². The van der Waals surface area contributed by atoms with E-state index < -0.39 is 5.41 Å². The standard InChI is InChI=1S/C16H23FN2O/c1-4-13(19)9-12-5-6-15(14(17)10-12)20-8-7-16(2,3)11-18/h5-6,10,13H,4,7-9,19H2,1-3H3. The number of ether oxygens (including phenoxy) is 1. The molecule has 0 heterocycles. The van der Waals surface area contributed by atoms with Crippen LogP contribution in [-0.4, -0.2) is 12.6 Å². The molecule has 0 aliphatic carbocycles. The van der Waals surface area contributed by atoms with Crippen molar-refractivity contribution < 1.29 is 9.13 Å². The van der Waals surface area contributed by atoms with Crippen molar-refractivity contribution in [2.75, 3.05) is 6.61 Å². The van der Waals surface area contributed by atoms with Crippen molar-refractivity contribution in [3.8, 4) is 11.8 Å². The molecule has 0 aliphatic heterocycles. The highest BCUT2D eigenvalue weighted by Gasteiger charge is 2.17. The molecule has 1 atom stereocenters. The predicted molar refractivity (Wildman–Crippen MR) is 77.9 cm³/mol. The van der Waals surface area contributed by atoms with E-state index in [1.54, 1.807) is 6.07 Å². The molecule has 20 heavy (non-hydrogen) atoms. The van der Waals surface area contributed by atoms with E-state index >= 15 is 0 Å². The van der Waals surface area contributed by atoms with Crippen LogP contribution in [0.5, 0.6) is 5.75 Å². The Labute approximate surface area is 120 Å². The summed E-state index contributed by atoms with van der Waals surface area (Å²) in [6.07, 6.45) is 2.09.